The van der Waals surface area contributed by atoms with E-state index in [0.717, 1.165) is 0 Å². The van der Waals surface area contributed by atoms with Crippen molar-refractivity contribution in [2.75, 3.05) is 39.3 Å². The highest BCUT2D eigenvalue weighted by molar-refractivity contribution is 9.10. The zero-order valence-corrected chi connectivity index (χ0v) is 18.3. The lowest BCUT2D eigenvalue weighted by Crippen LogP contribution is -2.17. The molecule has 0 heterocycles. The first kappa shape index (κ1) is 22.8. The van der Waals surface area contributed by atoms with Crippen LogP contribution in [0.2, 0.25) is 0 Å². The zero-order chi connectivity index (χ0) is 21.6. The average Bonchev–Trinajstić information content (AvgIpc) is 2.67. The molecule has 29 heavy (non-hydrogen) atoms. The molecule has 0 aliphatic rings. The topological polar surface area (TPSA) is 120 Å². The van der Waals surface area contributed by atoms with Crippen LogP contribution >= 0.6 is 15.9 Å². The Morgan fingerprint density at radius 1 is 1.03 bits per heavy atom. The van der Waals surface area contributed by atoms with Gasteiger partial charge >= 0.3 is 5.97 Å². The molecule has 0 aliphatic carbocycles. The number of anilines is 1. The molecular weight excluding hydrogens is 470 g/mol. The molecule has 2 N–H and O–H groups in total. The van der Waals surface area contributed by atoms with Gasteiger partial charge in [0.2, 0.25) is 0 Å². The van der Waals surface area contributed by atoms with E-state index in [1.807, 2.05) is 0 Å². The van der Waals surface area contributed by atoms with Crippen molar-refractivity contribution < 1.29 is 37.3 Å². The Morgan fingerprint density at radius 3 is 2.31 bits per heavy atom. The van der Waals surface area contributed by atoms with E-state index < -0.39 is 16.0 Å². The van der Waals surface area contributed by atoms with Crippen LogP contribution < -0.4 is 18.9 Å². The minimum atomic E-state index is -4.19. The second-order valence-corrected chi connectivity index (χ2v) is 8.16. The standard InChI is InChI=1S/C18H20BrNO8S/c1-25-6-7-28-16-10-13(12(18(21)22)9-15(16)27-3)20-29(23,24)17-8-11(19)4-5-14(17)26-2/h4-5,8-10,20H,6-7H2,1-3H3,(H,21,22). The molecule has 2 aromatic rings. The maximum Gasteiger partial charge on any atom is 0.337 e. The van der Waals surface area contributed by atoms with E-state index >= 15 is 0 Å². The van der Waals surface area contributed by atoms with Crippen molar-refractivity contribution >= 4 is 37.6 Å². The number of hydrogen-bond acceptors (Lipinski definition) is 7. The van der Waals surface area contributed by atoms with Crippen molar-refractivity contribution in [3.63, 3.8) is 0 Å². The Labute approximate surface area is 176 Å². The molecule has 0 bridgehead atoms. The minimum Gasteiger partial charge on any atom is -0.495 e. The highest BCUT2D eigenvalue weighted by atomic mass is 79.9. The Balaban J connectivity index is 2.53. The molecule has 0 saturated heterocycles. The molecule has 0 unspecified atom stereocenters. The van der Waals surface area contributed by atoms with E-state index in [0.29, 0.717) is 4.47 Å². The number of carboxylic acids is 1. The number of benzene rings is 2. The number of carbonyl (C=O) groups is 1. The van der Waals surface area contributed by atoms with Gasteiger partial charge in [-0.2, -0.15) is 0 Å². The Bertz CT molecular complexity index is 994. The van der Waals surface area contributed by atoms with E-state index in [-0.39, 0.29) is 46.6 Å². The summed E-state index contributed by atoms with van der Waals surface area (Å²) < 4.78 is 49.4. The molecule has 0 radical (unpaired) electrons. The lowest BCUT2D eigenvalue weighted by Gasteiger charge is -2.17. The fraction of sp³-hybridized carbons (Fsp3) is 0.278. The molecule has 11 heteroatoms. The summed E-state index contributed by atoms with van der Waals surface area (Å²) in [6.07, 6.45) is 0. The summed E-state index contributed by atoms with van der Waals surface area (Å²) in [5.41, 5.74) is -0.494. The molecule has 0 spiro atoms. The fourth-order valence-electron chi connectivity index (χ4n) is 2.39. The van der Waals surface area contributed by atoms with Crippen LogP contribution in [0.15, 0.2) is 39.7 Å². The van der Waals surface area contributed by atoms with Crippen molar-refractivity contribution in [1.29, 1.82) is 0 Å². The van der Waals surface area contributed by atoms with Gasteiger partial charge in [0, 0.05) is 23.7 Å². The lowest BCUT2D eigenvalue weighted by atomic mass is 10.1. The second kappa shape index (κ2) is 9.81. The number of ether oxygens (including phenoxy) is 4. The van der Waals surface area contributed by atoms with Crippen LogP contribution in [0.4, 0.5) is 5.69 Å². The number of carboxylic acid groups (broad SMARTS) is 1. The van der Waals surface area contributed by atoms with Crippen LogP contribution in [-0.4, -0.2) is 54.0 Å². The van der Waals surface area contributed by atoms with Crippen LogP contribution in [0.25, 0.3) is 0 Å². The summed E-state index contributed by atoms with van der Waals surface area (Å²) in [5, 5.41) is 9.52. The summed E-state index contributed by atoms with van der Waals surface area (Å²) in [6, 6.07) is 6.88. The predicted octanol–water partition coefficient (Wildman–Crippen LogP) is 2.99. The summed E-state index contributed by atoms with van der Waals surface area (Å²) in [4.78, 5) is 11.5. The number of rotatable bonds is 10. The van der Waals surface area contributed by atoms with Crippen molar-refractivity contribution in [1.82, 2.24) is 0 Å². The Hall–Kier alpha value is -2.50. The van der Waals surface area contributed by atoms with Crippen LogP contribution in [0.3, 0.4) is 0 Å². The predicted molar refractivity (Wildman–Crippen MR) is 109 cm³/mol. The van der Waals surface area contributed by atoms with Gasteiger partial charge in [0.1, 0.15) is 17.3 Å². The molecule has 0 atom stereocenters. The first-order valence-corrected chi connectivity index (χ1v) is 10.4. The molecule has 0 aromatic heterocycles. The molecule has 2 aromatic carbocycles. The smallest absolute Gasteiger partial charge is 0.337 e. The van der Waals surface area contributed by atoms with Gasteiger partial charge in [-0.25, -0.2) is 13.2 Å². The molecule has 9 nitrogen and oxygen atoms in total. The summed E-state index contributed by atoms with van der Waals surface area (Å²) in [5.74, 6) is -0.941. The number of sulfonamides is 1. The van der Waals surface area contributed by atoms with Gasteiger partial charge in [0.25, 0.3) is 10.0 Å². The third kappa shape index (κ3) is 5.52. The largest absolute Gasteiger partial charge is 0.495 e. The second-order valence-electron chi connectivity index (χ2n) is 5.60. The van der Waals surface area contributed by atoms with Crippen LogP contribution in [0.5, 0.6) is 17.2 Å². The average molecular weight is 490 g/mol. The maximum absolute atomic E-state index is 12.9. The van der Waals surface area contributed by atoms with Crippen LogP contribution in [0, 0.1) is 0 Å². The van der Waals surface area contributed by atoms with Gasteiger partial charge in [-0.3, -0.25) is 4.72 Å². The molecular formula is C18H20BrNO8S. The van der Waals surface area contributed by atoms with E-state index in [4.69, 9.17) is 18.9 Å². The molecule has 0 aliphatic heterocycles. The van der Waals surface area contributed by atoms with Gasteiger partial charge < -0.3 is 24.1 Å². The van der Waals surface area contributed by atoms with E-state index in [9.17, 15) is 18.3 Å². The maximum atomic E-state index is 12.9. The van der Waals surface area contributed by atoms with Gasteiger partial charge in [-0.1, -0.05) is 15.9 Å². The van der Waals surface area contributed by atoms with Gasteiger partial charge in [-0.05, 0) is 18.2 Å². The van der Waals surface area contributed by atoms with Crippen LogP contribution in [0.1, 0.15) is 10.4 Å². The number of methoxy groups -OCH3 is 3. The zero-order valence-electron chi connectivity index (χ0n) is 15.9. The van der Waals surface area contributed by atoms with Gasteiger partial charge in [0.15, 0.2) is 11.5 Å². The van der Waals surface area contributed by atoms with E-state index in [1.165, 1.54) is 45.6 Å². The normalized spacial score (nSPS) is 11.0. The first-order chi connectivity index (χ1) is 13.7. The molecule has 158 valence electrons. The number of halogens is 1. The summed E-state index contributed by atoms with van der Waals surface area (Å²) in [6.45, 7) is 0.436. The van der Waals surface area contributed by atoms with E-state index in [1.54, 1.807) is 6.07 Å². The summed E-state index contributed by atoms with van der Waals surface area (Å²) >= 11 is 3.22. The Morgan fingerprint density at radius 2 is 1.72 bits per heavy atom. The molecule has 0 saturated carbocycles. The van der Waals surface area contributed by atoms with E-state index in [2.05, 4.69) is 20.7 Å². The molecule has 0 fully saturated rings. The molecule has 0 amide bonds. The van der Waals surface area contributed by atoms with Gasteiger partial charge in [0.05, 0.1) is 32.1 Å². The lowest BCUT2D eigenvalue weighted by molar-refractivity contribution is 0.0697. The number of hydrogen-bond donors (Lipinski definition) is 2. The molecule has 2 rings (SSSR count). The van der Waals surface area contributed by atoms with Gasteiger partial charge in [-0.15, -0.1) is 0 Å². The quantitative estimate of drug-likeness (QED) is 0.488. The highest BCUT2D eigenvalue weighted by Crippen LogP contribution is 2.36. The Kier molecular flexibility index (Phi) is 7.71. The minimum absolute atomic E-state index is 0.0997. The summed E-state index contributed by atoms with van der Waals surface area (Å²) in [7, 11) is -0.00547. The van der Waals surface area contributed by atoms with Crippen molar-refractivity contribution in [2.45, 2.75) is 4.90 Å². The highest BCUT2D eigenvalue weighted by Gasteiger charge is 2.24. The fourth-order valence-corrected chi connectivity index (χ4v) is 4.17. The third-order valence-electron chi connectivity index (χ3n) is 3.74. The third-order valence-corrected chi connectivity index (χ3v) is 5.62. The number of aromatic carboxylic acids is 1. The van der Waals surface area contributed by atoms with Crippen molar-refractivity contribution in [2.24, 2.45) is 0 Å². The SMILES string of the molecule is COCCOc1cc(NS(=O)(=O)c2cc(Br)ccc2OC)c(C(=O)O)cc1OC. The monoisotopic (exact) mass is 489 g/mol. The van der Waals surface area contributed by atoms with Crippen molar-refractivity contribution in [3.8, 4) is 17.2 Å². The number of nitrogens with one attached hydrogen (secondary N) is 1. The van der Waals surface area contributed by atoms with Crippen LogP contribution in [-0.2, 0) is 14.8 Å². The van der Waals surface area contributed by atoms with Crippen molar-refractivity contribution in [3.05, 3.63) is 40.4 Å². The first-order valence-electron chi connectivity index (χ1n) is 8.17.